The molecule has 3 heterocycles. The Balaban J connectivity index is 1.54. The number of rotatable bonds is 5. The van der Waals surface area contributed by atoms with Crippen molar-refractivity contribution in [2.45, 2.75) is 6.92 Å². The van der Waals surface area contributed by atoms with Crippen molar-refractivity contribution in [3.8, 4) is 5.82 Å². The van der Waals surface area contributed by atoms with Crippen LogP contribution in [0.5, 0.6) is 0 Å². The molecule has 0 saturated carbocycles. The van der Waals surface area contributed by atoms with E-state index in [1.165, 1.54) is 0 Å². The summed E-state index contributed by atoms with van der Waals surface area (Å²) in [4.78, 5) is 33.7. The summed E-state index contributed by atoms with van der Waals surface area (Å²) in [6, 6.07) is 13.8. The molecule has 0 bridgehead atoms. The molecule has 8 heteroatoms. The van der Waals surface area contributed by atoms with Gasteiger partial charge in [0, 0.05) is 30.4 Å². The van der Waals surface area contributed by atoms with E-state index in [0.717, 1.165) is 5.56 Å². The number of carbonyl (C=O) groups is 2. The lowest BCUT2D eigenvalue weighted by Gasteiger charge is -2.14. The van der Waals surface area contributed by atoms with E-state index in [1.54, 1.807) is 78.1 Å². The monoisotopic (exact) mass is 398 g/mol. The number of nitrogens with zero attached hydrogens (tertiary/aromatic N) is 4. The first-order valence-electron chi connectivity index (χ1n) is 9.20. The van der Waals surface area contributed by atoms with Gasteiger partial charge in [-0.2, -0.15) is 5.10 Å². The molecule has 3 aromatic heterocycles. The lowest BCUT2D eigenvalue weighted by atomic mass is 10.1. The number of para-hydroxylation sites is 1. The fourth-order valence-electron chi connectivity index (χ4n) is 2.91. The van der Waals surface area contributed by atoms with Crippen molar-refractivity contribution in [2.75, 3.05) is 10.6 Å². The number of nitrogens with one attached hydrogen (secondary N) is 2. The molecule has 0 spiro atoms. The fourth-order valence-corrected chi connectivity index (χ4v) is 2.91. The van der Waals surface area contributed by atoms with E-state index in [4.69, 9.17) is 0 Å². The van der Waals surface area contributed by atoms with Gasteiger partial charge < -0.3 is 10.6 Å². The predicted octanol–water partition coefficient (Wildman–Crippen LogP) is 3.48. The summed E-state index contributed by atoms with van der Waals surface area (Å²) in [5, 5.41) is 9.77. The molecular formula is C22H18N6O2. The van der Waals surface area contributed by atoms with Crippen molar-refractivity contribution in [1.29, 1.82) is 0 Å². The Labute approximate surface area is 172 Å². The lowest BCUT2D eigenvalue weighted by Crippen LogP contribution is -2.19. The van der Waals surface area contributed by atoms with Crippen LogP contribution in [0.25, 0.3) is 5.82 Å². The van der Waals surface area contributed by atoms with Crippen LogP contribution in [-0.4, -0.2) is 31.6 Å². The van der Waals surface area contributed by atoms with Crippen molar-refractivity contribution in [2.24, 2.45) is 0 Å². The summed E-state index contributed by atoms with van der Waals surface area (Å²) in [5.74, 6) is -0.0257. The minimum absolute atomic E-state index is 0.314. The van der Waals surface area contributed by atoms with E-state index in [9.17, 15) is 9.59 Å². The van der Waals surface area contributed by atoms with Gasteiger partial charge in [0.2, 0.25) is 0 Å². The lowest BCUT2D eigenvalue weighted by molar-refractivity contribution is 0.102. The van der Waals surface area contributed by atoms with Crippen LogP contribution in [0.1, 0.15) is 26.3 Å². The van der Waals surface area contributed by atoms with E-state index in [1.807, 2.05) is 13.0 Å². The summed E-state index contributed by atoms with van der Waals surface area (Å²) >= 11 is 0. The maximum Gasteiger partial charge on any atom is 0.257 e. The summed E-state index contributed by atoms with van der Waals surface area (Å²) in [6.45, 7) is 1.83. The zero-order chi connectivity index (χ0) is 20.9. The Morgan fingerprint density at radius 1 is 0.900 bits per heavy atom. The zero-order valence-electron chi connectivity index (χ0n) is 16.1. The van der Waals surface area contributed by atoms with Gasteiger partial charge in [-0.05, 0) is 48.9 Å². The van der Waals surface area contributed by atoms with Crippen molar-refractivity contribution >= 4 is 23.2 Å². The molecule has 0 aliphatic carbocycles. The highest BCUT2D eigenvalue weighted by Crippen LogP contribution is 2.23. The smallest absolute Gasteiger partial charge is 0.257 e. The molecule has 2 amide bonds. The van der Waals surface area contributed by atoms with Gasteiger partial charge in [0.05, 0.1) is 23.1 Å². The molecular weight excluding hydrogens is 380 g/mol. The van der Waals surface area contributed by atoms with E-state index in [-0.39, 0.29) is 11.8 Å². The Bertz CT molecular complexity index is 1170. The minimum atomic E-state index is -0.350. The Morgan fingerprint density at radius 2 is 1.73 bits per heavy atom. The van der Waals surface area contributed by atoms with Gasteiger partial charge in [0.25, 0.3) is 11.8 Å². The molecule has 2 N–H and O–H groups in total. The fraction of sp³-hybridized carbons (Fsp3) is 0.0455. The molecule has 0 aliphatic rings. The van der Waals surface area contributed by atoms with Gasteiger partial charge in [-0.15, -0.1) is 0 Å². The second-order valence-corrected chi connectivity index (χ2v) is 6.50. The topological polar surface area (TPSA) is 102 Å². The molecule has 4 rings (SSSR count). The number of benzene rings is 1. The number of hydrogen-bond acceptors (Lipinski definition) is 5. The van der Waals surface area contributed by atoms with Crippen LogP contribution < -0.4 is 10.6 Å². The number of aromatic nitrogens is 4. The van der Waals surface area contributed by atoms with Crippen LogP contribution in [0.2, 0.25) is 0 Å². The SMILES string of the molecule is Cc1cccc(C(=O)Nc2ccc(-n3cccn3)nc2)c1NC(=O)c1ccncc1. The third-order valence-electron chi connectivity index (χ3n) is 4.44. The molecule has 148 valence electrons. The number of pyridine rings is 2. The van der Waals surface area contributed by atoms with Gasteiger partial charge in [-0.3, -0.25) is 14.6 Å². The van der Waals surface area contributed by atoms with Gasteiger partial charge in [-0.1, -0.05) is 12.1 Å². The Kier molecular flexibility index (Phi) is 5.29. The van der Waals surface area contributed by atoms with Crippen molar-refractivity contribution in [1.82, 2.24) is 19.7 Å². The van der Waals surface area contributed by atoms with Crippen LogP contribution in [0, 0.1) is 6.92 Å². The second kappa shape index (κ2) is 8.36. The average molecular weight is 398 g/mol. The first kappa shape index (κ1) is 19.0. The maximum atomic E-state index is 12.9. The Hall–Kier alpha value is -4.33. The molecule has 0 atom stereocenters. The van der Waals surface area contributed by atoms with Crippen LogP contribution in [0.3, 0.4) is 0 Å². The number of anilines is 2. The molecule has 4 aromatic rings. The first-order valence-corrected chi connectivity index (χ1v) is 9.20. The average Bonchev–Trinajstić information content (AvgIpc) is 3.31. The molecule has 0 radical (unpaired) electrons. The molecule has 8 nitrogen and oxygen atoms in total. The summed E-state index contributed by atoms with van der Waals surface area (Å²) in [5.41, 5.74) is 2.57. The molecule has 0 saturated heterocycles. The van der Waals surface area contributed by atoms with Crippen LogP contribution in [-0.2, 0) is 0 Å². The van der Waals surface area contributed by atoms with E-state index in [0.29, 0.717) is 28.3 Å². The molecule has 0 fully saturated rings. The van der Waals surface area contributed by atoms with E-state index < -0.39 is 0 Å². The summed E-state index contributed by atoms with van der Waals surface area (Å²) in [7, 11) is 0. The highest BCUT2D eigenvalue weighted by Gasteiger charge is 2.17. The van der Waals surface area contributed by atoms with Crippen molar-refractivity contribution < 1.29 is 9.59 Å². The highest BCUT2D eigenvalue weighted by atomic mass is 16.2. The number of carbonyl (C=O) groups excluding carboxylic acids is 2. The molecule has 30 heavy (non-hydrogen) atoms. The van der Waals surface area contributed by atoms with Crippen LogP contribution >= 0.6 is 0 Å². The van der Waals surface area contributed by atoms with Gasteiger partial charge in [0.15, 0.2) is 5.82 Å². The van der Waals surface area contributed by atoms with Crippen molar-refractivity contribution in [3.05, 3.63) is 96.2 Å². The van der Waals surface area contributed by atoms with Crippen LogP contribution in [0.4, 0.5) is 11.4 Å². The molecule has 1 aromatic carbocycles. The first-order chi connectivity index (χ1) is 14.6. The molecule has 0 aliphatic heterocycles. The van der Waals surface area contributed by atoms with Crippen LogP contribution in [0.15, 0.2) is 79.5 Å². The van der Waals surface area contributed by atoms with Gasteiger partial charge in [-0.25, -0.2) is 9.67 Å². The van der Waals surface area contributed by atoms with Crippen molar-refractivity contribution in [3.63, 3.8) is 0 Å². The van der Waals surface area contributed by atoms with Gasteiger partial charge >= 0.3 is 0 Å². The minimum Gasteiger partial charge on any atom is -0.321 e. The van der Waals surface area contributed by atoms with E-state index >= 15 is 0 Å². The summed E-state index contributed by atoms with van der Waals surface area (Å²) < 4.78 is 1.62. The third kappa shape index (κ3) is 4.07. The predicted molar refractivity (Wildman–Crippen MR) is 113 cm³/mol. The number of amides is 2. The third-order valence-corrected chi connectivity index (χ3v) is 4.44. The molecule has 0 unspecified atom stereocenters. The Morgan fingerprint density at radius 3 is 2.43 bits per heavy atom. The maximum absolute atomic E-state index is 12.9. The second-order valence-electron chi connectivity index (χ2n) is 6.50. The number of aryl methyl sites for hydroxylation is 1. The van der Waals surface area contributed by atoms with E-state index in [2.05, 4.69) is 25.7 Å². The zero-order valence-corrected chi connectivity index (χ0v) is 16.1. The highest BCUT2D eigenvalue weighted by molar-refractivity contribution is 6.13. The largest absolute Gasteiger partial charge is 0.321 e. The quantitative estimate of drug-likeness (QED) is 0.536. The normalized spacial score (nSPS) is 10.4. The van der Waals surface area contributed by atoms with Gasteiger partial charge in [0.1, 0.15) is 0 Å². The summed E-state index contributed by atoms with van der Waals surface area (Å²) in [6.07, 6.45) is 8.09. The number of hydrogen-bond donors (Lipinski definition) is 2. The standard InChI is InChI=1S/C22H18N6O2/c1-15-4-2-5-18(20(15)27-21(29)16-8-11-23-12-9-16)22(30)26-17-6-7-19(24-14-17)28-13-3-10-25-28/h2-14H,1H3,(H,26,30)(H,27,29).